The Balaban J connectivity index is 1.88. The number of non-ortho nitro benzene ring substituents is 2. The number of hydrogen-bond donors (Lipinski definition) is 2. The number of nitrogens with zero attached hydrogens (tertiary/aromatic N) is 2. The summed E-state index contributed by atoms with van der Waals surface area (Å²) < 4.78 is 47.9. The van der Waals surface area contributed by atoms with Gasteiger partial charge in [-0.1, -0.05) is 0 Å². The van der Waals surface area contributed by atoms with E-state index in [1.165, 1.54) is 9.77 Å². The second-order valence-corrected chi connectivity index (χ2v) is 9.09. The smallest absolute Gasteiger partial charge is 0.337 e. The lowest BCUT2D eigenvalue weighted by Crippen LogP contribution is -2.31. The van der Waals surface area contributed by atoms with Crippen molar-refractivity contribution in [1.82, 2.24) is 9.77 Å². The number of hydrogen-bond acceptors (Lipinski definition) is 12. The molecule has 0 unspecified atom stereocenters. The summed E-state index contributed by atoms with van der Waals surface area (Å²) in [5.41, 5.74) is -0.769. The van der Waals surface area contributed by atoms with Crippen LogP contribution in [0.4, 0.5) is 11.4 Å². The van der Waals surface area contributed by atoms with Crippen LogP contribution < -0.4 is 9.77 Å². The lowest BCUT2D eigenvalue weighted by atomic mass is 10.3. The van der Waals surface area contributed by atoms with E-state index in [1.807, 2.05) is 0 Å². The van der Waals surface area contributed by atoms with Crippen LogP contribution in [0.3, 0.4) is 0 Å². The molecule has 2 aromatic carbocycles. The number of rotatable bonds is 10. The fourth-order valence-electron chi connectivity index (χ4n) is 1.98. The normalized spacial score (nSPS) is 11.4. The Hall–Kier alpha value is -4.00. The molecular weight excluding hydrogens is 492 g/mol. The quantitative estimate of drug-likeness (QED) is 0.248. The van der Waals surface area contributed by atoms with E-state index in [0.29, 0.717) is 0 Å². The summed E-state index contributed by atoms with van der Waals surface area (Å²) in [4.78, 5) is 53.0. The second-order valence-electron chi connectivity index (χ2n) is 5.80. The molecule has 0 saturated heterocycles. The molecule has 2 N–H and O–H groups in total. The first-order valence-electron chi connectivity index (χ1n) is 8.24. The molecule has 33 heavy (non-hydrogen) atoms. The van der Waals surface area contributed by atoms with E-state index < -0.39 is 58.0 Å². The van der Waals surface area contributed by atoms with E-state index in [1.54, 1.807) is 0 Å². The zero-order valence-corrected chi connectivity index (χ0v) is 17.6. The van der Waals surface area contributed by atoms with Crippen molar-refractivity contribution in [3.8, 4) is 0 Å². The Bertz CT molecular complexity index is 1190. The molecule has 176 valence electrons. The Morgan fingerprint density at radius 1 is 0.697 bits per heavy atom. The maximum absolute atomic E-state index is 12.0. The molecule has 0 heterocycles. The fourth-order valence-corrected chi connectivity index (χ4v) is 3.57. The Morgan fingerprint density at radius 2 is 1.00 bits per heavy atom. The summed E-state index contributed by atoms with van der Waals surface area (Å²) in [6.45, 7) is 0. The summed E-state index contributed by atoms with van der Waals surface area (Å²) in [6, 6.07) is 7.06. The highest BCUT2D eigenvalue weighted by Crippen LogP contribution is 2.16. The topological polar surface area (TPSA) is 231 Å². The van der Waals surface area contributed by atoms with Gasteiger partial charge < -0.3 is 9.68 Å². The lowest BCUT2D eigenvalue weighted by molar-refractivity contribution is -0.385. The number of nitro groups is 2. The lowest BCUT2D eigenvalue weighted by Gasteiger charge is -2.08. The predicted molar refractivity (Wildman–Crippen MR) is 104 cm³/mol. The molecule has 0 bridgehead atoms. The summed E-state index contributed by atoms with van der Waals surface area (Å²) in [6.07, 6.45) is -1.22. The van der Waals surface area contributed by atoms with E-state index in [0.717, 1.165) is 48.5 Å². The zero-order chi connectivity index (χ0) is 24.8. The largest absolute Gasteiger partial charge is 0.355 e. The Labute approximate surface area is 184 Å². The molecule has 16 nitrogen and oxygen atoms in total. The van der Waals surface area contributed by atoms with Gasteiger partial charge in [0, 0.05) is 24.3 Å². The van der Waals surface area contributed by atoms with Crippen LogP contribution in [-0.2, 0) is 39.3 Å². The van der Waals surface area contributed by atoms with Crippen LogP contribution in [0.1, 0.15) is 6.42 Å². The molecule has 0 aliphatic rings. The highest BCUT2D eigenvalue weighted by Gasteiger charge is 2.22. The number of nitro benzene ring substituents is 2. The van der Waals surface area contributed by atoms with E-state index in [4.69, 9.17) is 0 Å². The van der Waals surface area contributed by atoms with Gasteiger partial charge in [-0.05, 0) is 34.0 Å². The van der Waals surface area contributed by atoms with Crippen molar-refractivity contribution in [2.45, 2.75) is 16.2 Å². The first kappa shape index (κ1) is 25.3. The van der Waals surface area contributed by atoms with Gasteiger partial charge in [0.25, 0.3) is 31.4 Å². The average molecular weight is 504 g/mol. The summed E-state index contributed by atoms with van der Waals surface area (Å²) >= 11 is 0. The SMILES string of the molecule is O=C(CC(=O)ONS(=O)(=O)c1ccc([N+](=O)[O-])cc1)ONS(=O)(=O)c1ccc([N+](=O)[O-])cc1. The van der Waals surface area contributed by atoms with Gasteiger partial charge in [-0.15, -0.1) is 0 Å². The Kier molecular flexibility index (Phi) is 7.72. The third-order valence-corrected chi connectivity index (χ3v) is 5.93. The summed E-state index contributed by atoms with van der Waals surface area (Å²) in [7, 11) is -8.88. The van der Waals surface area contributed by atoms with Crippen LogP contribution in [0.25, 0.3) is 0 Å². The molecule has 18 heteroatoms. The Morgan fingerprint density at radius 3 is 1.27 bits per heavy atom. The van der Waals surface area contributed by atoms with Crippen LogP contribution in [0.2, 0.25) is 0 Å². The van der Waals surface area contributed by atoms with E-state index in [-0.39, 0.29) is 11.4 Å². The number of carbonyl (C=O) groups excluding carboxylic acids is 2. The van der Waals surface area contributed by atoms with Gasteiger partial charge in [-0.3, -0.25) is 20.2 Å². The molecule has 2 rings (SSSR count). The number of benzene rings is 2. The number of nitrogens with one attached hydrogen (secondary N) is 2. The first-order valence-corrected chi connectivity index (χ1v) is 11.2. The van der Waals surface area contributed by atoms with Gasteiger partial charge in [0.15, 0.2) is 0 Å². The van der Waals surface area contributed by atoms with Crippen LogP contribution in [0.15, 0.2) is 58.3 Å². The van der Waals surface area contributed by atoms with Gasteiger partial charge in [0.2, 0.25) is 0 Å². The van der Waals surface area contributed by atoms with Gasteiger partial charge in [-0.25, -0.2) is 26.4 Å². The van der Waals surface area contributed by atoms with Gasteiger partial charge in [0.1, 0.15) is 6.42 Å². The van der Waals surface area contributed by atoms with E-state index in [2.05, 4.69) is 9.68 Å². The molecule has 0 aliphatic carbocycles. The van der Waals surface area contributed by atoms with Gasteiger partial charge >= 0.3 is 11.9 Å². The molecule has 0 amide bonds. The van der Waals surface area contributed by atoms with Crippen molar-refractivity contribution in [2.75, 3.05) is 0 Å². The molecule has 0 aliphatic heterocycles. The number of sulfonamides is 2. The minimum absolute atomic E-state index is 0.384. The highest BCUT2D eigenvalue weighted by molar-refractivity contribution is 7.89. The molecule has 0 spiro atoms. The minimum atomic E-state index is -4.44. The molecule has 2 aromatic rings. The molecule has 0 fully saturated rings. The third-order valence-electron chi connectivity index (χ3n) is 3.53. The molecule has 0 saturated carbocycles. The van der Waals surface area contributed by atoms with Crippen molar-refractivity contribution >= 4 is 43.4 Å². The number of carbonyl (C=O) groups is 2. The fraction of sp³-hybridized carbons (Fsp3) is 0.0667. The van der Waals surface area contributed by atoms with Crippen LogP contribution in [0.5, 0.6) is 0 Å². The summed E-state index contributed by atoms with van der Waals surface area (Å²) in [5, 5.41) is 21.1. The first-order chi connectivity index (χ1) is 15.3. The maximum Gasteiger partial charge on any atom is 0.337 e. The molecular formula is C15H12N4O12S2. The van der Waals surface area contributed by atoms with Gasteiger partial charge in [-0.2, -0.15) is 0 Å². The minimum Gasteiger partial charge on any atom is -0.355 e. The zero-order valence-electron chi connectivity index (χ0n) is 15.9. The van der Waals surface area contributed by atoms with Crippen molar-refractivity contribution in [2.24, 2.45) is 0 Å². The van der Waals surface area contributed by atoms with Gasteiger partial charge in [0.05, 0.1) is 19.6 Å². The molecule has 0 radical (unpaired) electrons. The third kappa shape index (κ3) is 7.00. The van der Waals surface area contributed by atoms with E-state index in [9.17, 15) is 46.7 Å². The predicted octanol–water partition coefficient (Wildman–Crippen LogP) is 0.0663. The van der Waals surface area contributed by atoms with Crippen LogP contribution in [0, 0.1) is 20.2 Å². The second kappa shape index (κ2) is 10.1. The van der Waals surface area contributed by atoms with Crippen molar-refractivity contribution in [1.29, 1.82) is 0 Å². The maximum atomic E-state index is 12.0. The van der Waals surface area contributed by atoms with Crippen LogP contribution in [-0.4, -0.2) is 38.6 Å². The monoisotopic (exact) mass is 504 g/mol. The average Bonchev–Trinajstić information content (AvgIpc) is 2.76. The summed E-state index contributed by atoms with van der Waals surface area (Å²) in [5.74, 6) is -2.94. The standard InChI is InChI=1S/C15H12N4O12S2/c20-14(30-16-32(26,27)12-5-1-10(2-6-12)18(22)23)9-15(21)31-17-33(28,29)13-7-3-11(4-8-13)19(24)25/h1-8,16-17H,9H2. The van der Waals surface area contributed by atoms with Crippen molar-refractivity contribution < 1.29 is 45.9 Å². The van der Waals surface area contributed by atoms with Crippen molar-refractivity contribution in [3.63, 3.8) is 0 Å². The van der Waals surface area contributed by atoms with Crippen molar-refractivity contribution in [3.05, 3.63) is 68.8 Å². The van der Waals surface area contributed by atoms with E-state index >= 15 is 0 Å². The molecule has 0 aromatic heterocycles. The van der Waals surface area contributed by atoms with Crippen LogP contribution >= 0.6 is 0 Å². The molecule has 0 atom stereocenters. The highest BCUT2D eigenvalue weighted by atomic mass is 32.2.